The van der Waals surface area contributed by atoms with E-state index in [1.165, 1.54) is 6.07 Å². The molecule has 2 unspecified atom stereocenters. The van der Waals surface area contributed by atoms with Gasteiger partial charge in [-0.1, -0.05) is 39.0 Å². The second kappa shape index (κ2) is 13.7. The third-order valence-corrected chi connectivity index (χ3v) is 7.13. The Balaban J connectivity index is 0.00000195. The molecule has 0 radical (unpaired) electrons. The van der Waals surface area contributed by atoms with E-state index in [-0.39, 0.29) is 18.5 Å². The van der Waals surface area contributed by atoms with Crippen LogP contribution in [0.15, 0.2) is 36.4 Å². The summed E-state index contributed by atoms with van der Waals surface area (Å²) in [6, 6.07) is 10.6. The van der Waals surface area contributed by atoms with Crippen molar-refractivity contribution < 1.29 is 23.4 Å². The fourth-order valence-corrected chi connectivity index (χ4v) is 5.21. The van der Waals surface area contributed by atoms with Gasteiger partial charge in [-0.05, 0) is 62.6 Å². The van der Waals surface area contributed by atoms with Crippen molar-refractivity contribution in [1.29, 1.82) is 0 Å². The third kappa shape index (κ3) is 6.35. The number of ether oxygens (including phenoxy) is 1. The Kier molecular flexibility index (Phi) is 10.7. The van der Waals surface area contributed by atoms with Gasteiger partial charge in [-0.25, -0.2) is 4.39 Å². The van der Waals surface area contributed by atoms with E-state index >= 15 is 4.39 Å². The predicted molar refractivity (Wildman–Crippen MR) is 148 cm³/mol. The molecule has 38 heavy (non-hydrogen) atoms. The number of aromatic amines is 1. The zero-order valence-corrected chi connectivity index (χ0v) is 23.1. The lowest BCUT2D eigenvalue weighted by atomic mass is 9.86. The van der Waals surface area contributed by atoms with Crippen molar-refractivity contribution >= 4 is 16.9 Å². The van der Waals surface area contributed by atoms with Gasteiger partial charge in [0.2, 0.25) is 0 Å². The molecule has 208 valence electrons. The second-order valence-electron chi connectivity index (χ2n) is 9.68. The number of benzene rings is 2. The Labute approximate surface area is 224 Å². The number of hydrogen-bond donors (Lipinski definition) is 3. The monoisotopic (exact) mass is 529 g/mol. The molecule has 2 aromatic carbocycles. The number of carboxylic acids is 1. The highest BCUT2D eigenvalue weighted by Crippen LogP contribution is 2.44. The first kappa shape index (κ1) is 29.6. The number of alkyl halides is 1. The van der Waals surface area contributed by atoms with Gasteiger partial charge in [0.15, 0.2) is 0 Å². The smallest absolute Gasteiger partial charge is 0.307 e. The molecule has 0 spiro atoms. The third-order valence-electron chi connectivity index (χ3n) is 7.13. The number of hydrogen-bond acceptors (Lipinski definition) is 4. The number of halogens is 2. The number of H-pyrrole nitrogens is 1. The fraction of sp³-hybridized carbons (Fsp3) is 0.500. The SMILES string of the molecule is CC.Cc1c(OCCNCCCF)ccc(F)c1C1c2[nH]c3ccccc3c2C[C@@H](C)N1CC(C)C(=O)O. The quantitative estimate of drug-likeness (QED) is 0.265. The van der Waals surface area contributed by atoms with Crippen molar-refractivity contribution in [3.63, 3.8) is 0 Å². The van der Waals surface area contributed by atoms with Gasteiger partial charge in [0, 0.05) is 41.3 Å². The van der Waals surface area contributed by atoms with Crippen LogP contribution in [0.1, 0.15) is 62.5 Å². The van der Waals surface area contributed by atoms with Gasteiger partial charge in [0.1, 0.15) is 18.2 Å². The van der Waals surface area contributed by atoms with Crippen LogP contribution in [-0.2, 0) is 11.2 Å². The maximum atomic E-state index is 15.6. The summed E-state index contributed by atoms with van der Waals surface area (Å²) in [5.74, 6) is -1.25. The van der Waals surface area contributed by atoms with Gasteiger partial charge in [0.25, 0.3) is 0 Å². The molecule has 2 heterocycles. The molecule has 0 saturated carbocycles. The number of aliphatic carboxylic acids is 1. The number of nitrogens with one attached hydrogen (secondary N) is 2. The Bertz CT molecular complexity index is 1210. The summed E-state index contributed by atoms with van der Waals surface area (Å²) in [6.07, 6.45) is 1.20. The number of para-hydroxylation sites is 1. The molecule has 3 aromatic rings. The molecule has 3 atom stereocenters. The van der Waals surface area contributed by atoms with Crippen molar-refractivity contribution in [2.24, 2.45) is 5.92 Å². The average Bonchev–Trinajstić information content (AvgIpc) is 3.27. The number of rotatable bonds is 11. The molecule has 6 nitrogen and oxygen atoms in total. The summed E-state index contributed by atoms with van der Waals surface area (Å²) in [4.78, 5) is 17.4. The number of nitrogens with zero attached hydrogens (tertiary/aromatic N) is 1. The topological polar surface area (TPSA) is 77.6 Å². The molecule has 0 aliphatic carbocycles. The van der Waals surface area contributed by atoms with Gasteiger partial charge < -0.3 is 20.1 Å². The van der Waals surface area contributed by atoms with Crippen LogP contribution in [0.4, 0.5) is 8.78 Å². The first-order chi connectivity index (χ1) is 18.3. The van der Waals surface area contributed by atoms with Gasteiger partial charge in [-0.2, -0.15) is 0 Å². The Morgan fingerprint density at radius 3 is 2.68 bits per heavy atom. The highest BCUT2D eigenvalue weighted by atomic mass is 19.1. The maximum absolute atomic E-state index is 15.6. The highest BCUT2D eigenvalue weighted by molar-refractivity contribution is 5.85. The van der Waals surface area contributed by atoms with Crippen molar-refractivity contribution in [2.45, 2.75) is 59.5 Å². The molecule has 1 aliphatic rings. The molecule has 0 bridgehead atoms. The van der Waals surface area contributed by atoms with Crippen LogP contribution in [0, 0.1) is 18.7 Å². The summed E-state index contributed by atoms with van der Waals surface area (Å²) >= 11 is 0. The van der Waals surface area contributed by atoms with Gasteiger partial charge in [-0.15, -0.1) is 0 Å². The van der Waals surface area contributed by atoms with E-state index in [0.717, 1.165) is 28.6 Å². The lowest BCUT2D eigenvalue weighted by molar-refractivity contribution is -0.142. The lowest BCUT2D eigenvalue weighted by Crippen LogP contribution is -2.46. The molecular weight excluding hydrogens is 488 g/mol. The summed E-state index contributed by atoms with van der Waals surface area (Å²) in [6.45, 7) is 11.0. The van der Waals surface area contributed by atoms with E-state index < -0.39 is 17.9 Å². The first-order valence-electron chi connectivity index (χ1n) is 13.6. The Morgan fingerprint density at radius 2 is 1.97 bits per heavy atom. The minimum Gasteiger partial charge on any atom is -0.492 e. The van der Waals surface area contributed by atoms with E-state index in [2.05, 4.69) is 28.2 Å². The van der Waals surface area contributed by atoms with Crippen LogP contribution in [0.25, 0.3) is 10.9 Å². The number of aromatic nitrogens is 1. The standard InChI is InChI=1S/C28H35F2N3O3.C2H6/c1-17(28(34)35)16-33-18(2)15-21-20-7-4-5-8-23(20)32-26(21)27(33)25-19(3)24(10-9-22(25)30)36-14-13-31-12-6-11-29;1-2/h4-5,7-10,17-18,27,31-32H,6,11-16H2,1-3H3,(H,34,35);1-2H3/t17?,18-,27?;/m1./s1. The van der Waals surface area contributed by atoms with Crippen LogP contribution in [0.2, 0.25) is 0 Å². The molecule has 0 amide bonds. The summed E-state index contributed by atoms with van der Waals surface area (Å²) in [5.41, 5.74) is 4.21. The van der Waals surface area contributed by atoms with Crippen LogP contribution < -0.4 is 10.1 Å². The summed E-state index contributed by atoms with van der Waals surface area (Å²) in [7, 11) is 0. The highest BCUT2D eigenvalue weighted by Gasteiger charge is 2.39. The maximum Gasteiger partial charge on any atom is 0.307 e. The van der Waals surface area contributed by atoms with Crippen LogP contribution >= 0.6 is 0 Å². The van der Waals surface area contributed by atoms with E-state index in [0.29, 0.717) is 49.5 Å². The van der Waals surface area contributed by atoms with E-state index in [9.17, 15) is 14.3 Å². The van der Waals surface area contributed by atoms with Gasteiger partial charge in [-0.3, -0.25) is 14.1 Å². The molecule has 3 N–H and O–H groups in total. The minimum atomic E-state index is -0.877. The lowest BCUT2D eigenvalue weighted by Gasteiger charge is -2.42. The zero-order chi connectivity index (χ0) is 27.8. The van der Waals surface area contributed by atoms with Crippen molar-refractivity contribution in [3.05, 3.63) is 64.6 Å². The van der Waals surface area contributed by atoms with Crippen LogP contribution in [0.3, 0.4) is 0 Å². The summed E-state index contributed by atoms with van der Waals surface area (Å²) < 4.78 is 33.9. The largest absolute Gasteiger partial charge is 0.492 e. The van der Waals surface area contributed by atoms with Gasteiger partial charge in [0.05, 0.1) is 18.6 Å². The molecule has 1 aliphatic heterocycles. The van der Waals surface area contributed by atoms with Gasteiger partial charge >= 0.3 is 5.97 Å². The number of carbonyl (C=O) groups is 1. The molecule has 0 saturated heterocycles. The Hall–Kier alpha value is -2.97. The average molecular weight is 530 g/mol. The fourth-order valence-electron chi connectivity index (χ4n) is 5.21. The van der Waals surface area contributed by atoms with E-state index in [1.807, 2.05) is 39.0 Å². The summed E-state index contributed by atoms with van der Waals surface area (Å²) in [5, 5.41) is 13.9. The molecule has 1 aromatic heterocycles. The normalized spacial score (nSPS) is 18.0. The Morgan fingerprint density at radius 1 is 1.24 bits per heavy atom. The number of fused-ring (bicyclic) bond motifs is 3. The number of carboxylic acid groups (broad SMARTS) is 1. The molecule has 0 fully saturated rings. The van der Waals surface area contributed by atoms with Crippen LogP contribution in [-0.4, -0.2) is 59.9 Å². The van der Waals surface area contributed by atoms with Crippen molar-refractivity contribution in [2.75, 3.05) is 32.9 Å². The van der Waals surface area contributed by atoms with Crippen molar-refractivity contribution in [1.82, 2.24) is 15.2 Å². The molecular formula is C30H41F2N3O3. The van der Waals surface area contributed by atoms with E-state index in [1.54, 1.807) is 13.0 Å². The molecule has 8 heteroatoms. The predicted octanol–water partition coefficient (Wildman–Crippen LogP) is 6.03. The van der Waals surface area contributed by atoms with E-state index in [4.69, 9.17) is 4.74 Å². The second-order valence-corrected chi connectivity index (χ2v) is 9.68. The molecule has 4 rings (SSSR count). The first-order valence-corrected chi connectivity index (χ1v) is 13.6. The minimum absolute atomic E-state index is 0.00610. The van der Waals surface area contributed by atoms with Crippen LogP contribution in [0.5, 0.6) is 5.75 Å². The van der Waals surface area contributed by atoms with Crippen molar-refractivity contribution in [3.8, 4) is 5.75 Å². The zero-order valence-electron chi connectivity index (χ0n) is 23.1.